The third-order valence-corrected chi connectivity index (χ3v) is 2.79. The molecule has 100 valence electrons. The molecule has 0 radical (unpaired) electrons. The van der Waals surface area contributed by atoms with Crippen LogP contribution in [0.4, 0.5) is 4.39 Å². The Kier molecular flexibility index (Phi) is 4.49. The molecule has 0 saturated carbocycles. The Hall–Kier alpha value is -1.91. The van der Waals surface area contributed by atoms with Gasteiger partial charge in [-0.1, -0.05) is 24.3 Å². The highest BCUT2D eigenvalue weighted by Crippen LogP contribution is 2.27. The number of benzene rings is 2. The quantitative estimate of drug-likeness (QED) is 0.870. The Balaban J connectivity index is 2.22. The molecule has 2 rings (SSSR count). The maximum atomic E-state index is 13.7. The van der Waals surface area contributed by atoms with Crippen LogP contribution in [-0.4, -0.2) is 11.7 Å². The van der Waals surface area contributed by atoms with Crippen LogP contribution in [0.1, 0.15) is 18.0 Å². The Bertz CT molecular complexity index is 531. The summed E-state index contributed by atoms with van der Waals surface area (Å²) < 4.78 is 19.2. The van der Waals surface area contributed by atoms with Gasteiger partial charge >= 0.3 is 0 Å². The van der Waals surface area contributed by atoms with Gasteiger partial charge in [0.2, 0.25) is 0 Å². The van der Waals surface area contributed by atoms with E-state index in [2.05, 4.69) is 0 Å². The summed E-state index contributed by atoms with van der Waals surface area (Å²) in [5.41, 5.74) is 6.62. The average Bonchev–Trinajstić information content (AvgIpc) is 2.42. The molecule has 4 heteroatoms. The molecule has 0 fully saturated rings. The highest BCUT2D eigenvalue weighted by atomic mass is 19.1. The topological polar surface area (TPSA) is 55.5 Å². The van der Waals surface area contributed by atoms with E-state index in [0.717, 1.165) is 5.56 Å². The van der Waals surface area contributed by atoms with Crippen molar-refractivity contribution < 1.29 is 14.2 Å². The van der Waals surface area contributed by atoms with Gasteiger partial charge in [-0.2, -0.15) is 0 Å². The molecular formula is C15H16FNO2. The molecule has 0 aliphatic carbocycles. The van der Waals surface area contributed by atoms with Crippen molar-refractivity contribution in [2.24, 2.45) is 5.73 Å². The van der Waals surface area contributed by atoms with Crippen molar-refractivity contribution in [2.45, 2.75) is 12.5 Å². The second kappa shape index (κ2) is 6.31. The first kappa shape index (κ1) is 13.5. The summed E-state index contributed by atoms with van der Waals surface area (Å²) in [5.74, 6) is 0.259. The molecule has 0 heterocycles. The molecule has 3 N–H and O–H groups in total. The second-order valence-electron chi connectivity index (χ2n) is 4.22. The molecule has 19 heavy (non-hydrogen) atoms. The van der Waals surface area contributed by atoms with Crippen LogP contribution in [0.2, 0.25) is 0 Å². The maximum Gasteiger partial charge on any atom is 0.165 e. The molecule has 1 atom stereocenters. The van der Waals surface area contributed by atoms with Crippen LogP contribution in [0, 0.1) is 5.82 Å². The summed E-state index contributed by atoms with van der Waals surface area (Å²) in [4.78, 5) is 0. The molecule has 0 saturated heterocycles. The fraction of sp³-hybridized carbons (Fsp3) is 0.200. The Morgan fingerprint density at radius 1 is 1.16 bits per heavy atom. The van der Waals surface area contributed by atoms with Crippen molar-refractivity contribution in [3.05, 3.63) is 59.9 Å². The van der Waals surface area contributed by atoms with Gasteiger partial charge in [0.05, 0.1) is 0 Å². The number of ether oxygens (including phenoxy) is 1. The van der Waals surface area contributed by atoms with E-state index in [1.807, 2.05) is 18.2 Å². The Morgan fingerprint density at radius 2 is 1.89 bits per heavy atom. The number of aliphatic hydroxyl groups excluding tert-OH is 1. The zero-order chi connectivity index (χ0) is 13.7. The Morgan fingerprint density at radius 3 is 2.58 bits per heavy atom. The molecular weight excluding hydrogens is 245 g/mol. The van der Waals surface area contributed by atoms with Crippen molar-refractivity contribution in [3.63, 3.8) is 0 Å². The van der Waals surface area contributed by atoms with Crippen LogP contribution < -0.4 is 10.5 Å². The lowest BCUT2D eigenvalue weighted by Crippen LogP contribution is -2.12. The predicted molar refractivity (Wildman–Crippen MR) is 71.5 cm³/mol. The third kappa shape index (κ3) is 3.53. The lowest BCUT2D eigenvalue weighted by atomic mass is 10.0. The lowest BCUT2D eigenvalue weighted by molar-refractivity contribution is 0.276. The molecule has 0 aliphatic rings. The van der Waals surface area contributed by atoms with Crippen LogP contribution in [-0.2, 0) is 0 Å². The van der Waals surface area contributed by atoms with Gasteiger partial charge in [-0.05, 0) is 36.2 Å². The van der Waals surface area contributed by atoms with Crippen LogP contribution in [0.3, 0.4) is 0 Å². The number of para-hydroxylation sites is 1. The SMILES string of the molecule is NC(CCO)c1ccc(F)c(Oc2ccccc2)c1. The minimum Gasteiger partial charge on any atom is -0.454 e. The van der Waals surface area contributed by atoms with E-state index < -0.39 is 5.82 Å². The fourth-order valence-electron chi connectivity index (χ4n) is 1.75. The smallest absolute Gasteiger partial charge is 0.165 e. The monoisotopic (exact) mass is 261 g/mol. The molecule has 3 nitrogen and oxygen atoms in total. The van der Waals surface area contributed by atoms with Gasteiger partial charge in [0.1, 0.15) is 5.75 Å². The largest absolute Gasteiger partial charge is 0.454 e. The van der Waals surface area contributed by atoms with E-state index in [1.54, 1.807) is 24.3 Å². The van der Waals surface area contributed by atoms with Crippen LogP contribution in [0.5, 0.6) is 11.5 Å². The van der Waals surface area contributed by atoms with Crippen LogP contribution in [0.15, 0.2) is 48.5 Å². The van der Waals surface area contributed by atoms with E-state index in [0.29, 0.717) is 12.2 Å². The minimum absolute atomic E-state index is 0.00653. The fourth-order valence-corrected chi connectivity index (χ4v) is 1.75. The normalized spacial score (nSPS) is 12.2. The first-order valence-corrected chi connectivity index (χ1v) is 6.09. The molecule has 0 aliphatic heterocycles. The summed E-state index contributed by atoms with van der Waals surface area (Å²) in [7, 11) is 0. The molecule has 0 bridgehead atoms. The van der Waals surface area contributed by atoms with Crippen molar-refractivity contribution in [1.29, 1.82) is 0 Å². The predicted octanol–water partition coefficient (Wildman–Crippen LogP) is 3.00. The average molecular weight is 261 g/mol. The number of hydrogen-bond donors (Lipinski definition) is 2. The summed E-state index contributed by atoms with van der Waals surface area (Å²) >= 11 is 0. The van der Waals surface area contributed by atoms with Crippen LogP contribution in [0.25, 0.3) is 0 Å². The van der Waals surface area contributed by atoms with E-state index in [1.165, 1.54) is 6.07 Å². The van der Waals surface area contributed by atoms with E-state index in [4.69, 9.17) is 15.6 Å². The maximum absolute atomic E-state index is 13.7. The summed E-state index contributed by atoms with van der Waals surface area (Å²) in [6.07, 6.45) is 0.427. The van der Waals surface area contributed by atoms with Crippen molar-refractivity contribution in [2.75, 3.05) is 6.61 Å². The minimum atomic E-state index is -0.441. The number of nitrogens with two attached hydrogens (primary N) is 1. The van der Waals surface area contributed by atoms with Crippen molar-refractivity contribution in [3.8, 4) is 11.5 Å². The zero-order valence-electron chi connectivity index (χ0n) is 10.4. The second-order valence-corrected chi connectivity index (χ2v) is 4.22. The first-order chi connectivity index (χ1) is 9.20. The van der Waals surface area contributed by atoms with E-state index in [9.17, 15) is 4.39 Å². The Labute approximate surface area is 111 Å². The van der Waals surface area contributed by atoms with E-state index in [-0.39, 0.29) is 18.4 Å². The van der Waals surface area contributed by atoms with Gasteiger partial charge in [-0.3, -0.25) is 0 Å². The number of rotatable bonds is 5. The van der Waals surface area contributed by atoms with Crippen molar-refractivity contribution >= 4 is 0 Å². The molecule has 0 amide bonds. The van der Waals surface area contributed by atoms with Gasteiger partial charge in [-0.15, -0.1) is 0 Å². The van der Waals surface area contributed by atoms with Gasteiger partial charge in [0.15, 0.2) is 11.6 Å². The molecule has 0 aromatic heterocycles. The van der Waals surface area contributed by atoms with Crippen LogP contribution >= 0.6 is 0 Å². The highest BCUT2D eigenvalue weighted by Gasteiger charge is 2.11. The molecule has 0 spiro atoms. The zero-order valence-corrected chi connectivity index (χ0v) is 10.4. The summed E-state index contributed by atoms with van der Waals surface area (Å²) in [5, 5.41) is 8.87. The number of halogens is 1. The van der Waals surface area contributed by atoms with Crippen molar-refractivity contribution in [1.82, 2.24) is 0 Å². The summed E-state index contributed by atoms with van der Waals surface area (Å²) in [6.45, 7) is -0.00653. The third-order valence-electron chi connectivity index (χ3n) is 2.79. The molecule has 1 unspecified atom stereocenters. The van der Waals surface area contributed by atoms with E-state index >= 15 is 0 Å². The summed E-state index contributed by atoms with van der Waals surface area (Å²) in [6, 6.07) is 13.2. The van der Waals surface area contributed by atoms with Gasteiger partial charge in [0.25, 0.3) is 0 Å². The van der Waals surface area contributed by atoms with Gasteiger partial charge in [-0.25, -0.2) is 4.39 Å². The number of aliphatic hydroxyl groups is 1. The first-order valence-electron chi connectivity index (χ1n) is 6.09. The molecule has 2 aromatic rings. The standard InChI is InChI=1S/C15H16FNO2/c16-13-7-6-11(14(17)8-9-18)10-15(13)19-12-4-2-1-3-5-12/h1-7,10,14,18H,8-9,17H2. The number of hydrogen-bond acceptors (Lipinski definition) is 3. The highest BCUT2D eigenvalue weighted by molar-refractivity contribution is 5.36. The molecule has 2 aromatic carbocycles. The van der Waals surface area contributed by atoms with Gasteiger partial charge in [0, 0.05) is 12.6 Å². The lowest BCUT2D eigenvalue weighted by Gasteiger charge is -2.13. The van der Waals surface area contributed by atoms with Gasteiger partial charge < -0.3 is 15.6 Å².